The molecule has 1 rings (SSSR count). The van der Waals surface area contributed by atoms with Gasteiger partial charge in [0.15, 0.2) is 0 Å². The molecule has 0 aliphatic carbocycles. The van der Waals surface area contributed by atoms with Crippen LogP contribution < -0.4 is 10.7 Å². The predicted octanol–water partition coefficient (Wildman–Crippen LogP) is 2.10. The maximum atomic E-state index is 11.3. The molecule has 0 bridgehead atoms. The molecule has 0 radical (unpaired) electrons. The summed E-state index contributed by atoms with van der Waals surface area (Å²) < 4.78 is 0.492. The molecule has 0 aliphatic rings. The highest BCUT2D eigenvalue weighted by Crippen LogP contribution is 2.13. The highest BCUT2D eigenvalue weighted by atomic mass is 32.1. The fourth-order valence-electron chi connectivity index (χ4n) is 1.77. The summed E-state index contributed by atoms with van der Waals surface area (Å²) in [5.74, 6) is 0. The van der Waals surface area contributed by atoms with E-state index < -0.39 is 0 Å². The minimum Gasteiger partial charge on any atom is -0.382 e. The normalized spacial score (nSPS) is 11.2. The van der Waals surface area contributed by atoms with Crippen molar-refractivity contribution in [1.82, 2.24) is 4.90 Å². The third-order valence-electron chi connectivity index (χ3n) is 3.00. The predicted molar refractivity (Wildman–Crippen MR) is 71.5 cm³/mol. The van der Waals surface area contributed by atoms with Gasteiger partial charge in [0.1, 0.15) is 0 Å². The molecule has 0 heterocycles. The molecule has 0 spiro atoms. The first-order valence-corrected chi connectivity index (χ1v) is 6.28. The van der Waals surface area contributed by atoms with Crippen molar-refractivity contribution in [3.8, 4) is 0 Å². The van der Waals surface area contributed by atoms with Crippen molar-refractivity contribution in [1.29, 1.82) is 0 Å². The van der Waals surface area contributed by atoms with Crippen LogP contribution in [0.5, 0.6) is 0 Å². The number of hydrogen-bond acceptors (Lipinski definition) is 4. The summed E-state index contributed by atoms with van der Waals surface area (Å²) in [7, 11) is 0. The van der Waals surface area contributed by atoms with Gasteiger partial charge in [0.05, 0.1) is 10.2 Å². The highest BCUT2D eigenvalue weighted by molar-refractivity contribution is 7.71. The molecule has 0 saturated carbocycles. The SMILES string of the molecule is CCN(CC)CCCNc1c(C)c(=S)c1=O. The van der Waals surface area contributed by atoms with Gasteiger partial charge in [0.2, 0.25) is 5.43 Å². The molecule has 1 aromatic carbocycles. The molecule has 1 aromatic rings. The van der Waals surface area contributed by atoms with Gasteiger partial charge in [-0.1, -0.05) is 26.1 Å². The minimum absolute atomic E-state index is 0.00957. The summed E-state index contributed by atoms with van der Waals surface area (Å²) in [5.41, 5.74) is 1.68. The Bertz CT molecular complexity index is 403. The second kappa shape index (κ2) is 6.11. The molecule has 90 valence electrons. The van der Waals surface area contributed by atoms with E-state index in [0.717, 1.165) is 43.9 Å². The summed E-state index contributed by atoms with van der Waals surface area (Å²) in [4.78, 5) is 13.7. The van der Waals surface area contributed by atoms with E-state index in [0.29, 0.717) is 4.51 Å². The van der Waals surface area contributed by atoms with Gasteiger partial charge in [-0.25, -0.2) is 0 Å². The lowest BCUT2D eigenvalue weighted by Gasteiger charge is -2.18. The van der Waals surface area contributed by atoms with E-state index in [4.69, 9.17) is 12.2 Å². The third kappa shape index (κ3) is 2.89. The van der Waals surface area contributed by atoms with Gasteiger partial charge in [-0.3, -0.25) is 4.79 Å². The van der Waals surface area contributed by atoms with E-state index >= 15 is 0 Å². The Balaban J connectivity index is 2.27. The lowest BCUT2D eigenvalue weighted by molar-refractivity contribution is 0.303. The van der Waals surface area contributed by atoms with E-state index in [9.17, 15) is 4.79 Å². The third-order valence-corrected chi connectivity index (χ3v) is 3.49. The Kier molecular flexibility index (Phi) is 5.09. The Morgan fingerprint density at radius 3 is 2.44 bits per heavy atom. The van der Waals surface area contributed by atoms with Crippen LogP contribution in [0.2, 0.25) is 0 Å². The molecular weight excluding hydrogens is 220 g/mol. The van der Waals surface area contributed by atoms with Crippen LogP contribution in [0.15, 0.2) is 4.79 Å². The monoisotopic (exact) mass is 240 g/mol. The molecule has 0 amide bonds. The van der Waals surface area contributed by atoms with Crippen molar-refractivity contribution in [3.63, 3.8) is 0 Å². The fraction of sp³-hybridized carbons (Fsp3) is 0.667. The Hall–Kier alpha value is -0.740. The smallest absolute Gasteiger partial charge is 0.220 e. The summed E-state index contributed by atoms with van der Waals surface area (Å²) in [6.45, 7) is 10.3. The lowest BCUT2D eigenvalue weighted by Crippen LogP contribution is -2.26. The van der Waals surface area contributed by atoms with Crippen LogP contribution in [0.1, 0.15) is 25.8 Å². The molecule has 0 unspecified atom stereocenters. The first kappa shape index (κ1) is 13.3. The van der Waals surface area contributed by atoms with Gasteiger partial charge in [0.25, 0.3) is 0 Å². The van der Waals surface area contributed by atoms with Gasteiger partial charge in [0, 0.05) is 6.54 Å². The fourth-order valence-corrected chi connectivity index (χ4v) is 1.98. The van der Waals surface area contributed by atoms with Crippen LogP contribution in [-0.2, 0) is 0 Å². The quantitative estimate of drug-likeness (QED) is 0.584. The summed E-state index contributed by atoms with van der Waals surface area (Å²) in [6.07, 6.45) is 1.05. The zero-order valence-electron chi connectivity index (χ0n) is 10.3. The van der Waals surface area contributed by atoms with E-state index in [-0.39, 0.29) is 5.43 Å². The van der Waals surface area contributed by atoms with Crippen LogP contribution in [-0.4, -0.2) is 31.1 Å². The molecule has 3 nitrogen and oxygen atoms in total. The van der Waals surface area contributed by atoms with E-state index in [1.807, 2.05) is 6.92 Å². The first-order chi connectivity index (χ1) is 7.61. The van der Waals surface area contributed by atoms with Crippen molar-refractivity contribution < 1.29 is 0 Å². The first-order valence-electron chi connectivity index (χ1n) is 5.87. The zero-order valence-corrected chi connectivity index (χ0v) is 11.1. The Labute approximate surface area is 102 Å². The van der Waals surface area contributed by atoms with Crippen molar-refractivity contribution in [3.05, 3.63) is 20.3 Å². The molecule has 0 saturated heterocycles. The number of anilines is 1. The molecule has 0 fully saturated rings. The van der Waals surface area contributed by atoms with Crippen LogP contribution in [0.4, 0.5) is 5.69 Å². The summed E-state index contributed by atoms with van der Waals surface area (Å²) in [6, 6.07) is 0. The minimum atomic E-state index is 0.00957. The van der Waals surface area contributed by atoms with Crippen molar-refractivity contribution in [2.45, 2.75) is 27.2 Å². The van der Waals surface area contributed by atoms with E-state index in [2.05, 4.69) is 24.1 Å². The van der Waals surface area contributed by atoms with Crippen LogP contribution >= 0.6 is 12.2 Å². The van der Waals surface area contributed by atoms with Crippen molar-refractivity contribution >= 4 is 17.9 Å². The van der Waals surface area contributed by atoms with E-state index in [1.54, 1.807) is 0 Å². The maximum absolute atomic E-state index is 11.3. The van der Waals surface area contributed by atoms with Gasteiger partial charge < -0.3 is 10.2 Å². The summed E-state index contributed by atoms with van der Waals surface area (Å²) >= 11 is 4.91. The lowest BCUT2D eigenvalue weighted by atomic mass is 10.1. The van der Waals surface area contributed by atoms with Crippen molar-refractivity contribution in [2.24, 2.45) is 0 Å². The standard InChI is InChI=1S/C12H20N2OS/c1-4-14(5-2)8-6-7-13-10-9(3)12(16)11(10)15/h13H,4-8H2,1-3H3. The summed E-state index contributed by atoms with van der Waals surface area (Å²) in [5, 5.41) is 3.17. The number of hydrogen-bond donors (Lipinski definition) is 1. The molecular formula is C12H20N2OS. The second-order valence-corrected chi connectivity index (χ2v) is 4.37. The molecule has 16 heavy (non-hydrogen) atoms. The second-order valence-electron chi connectivity index (χ2n) is 3.97. The molecule has 0 aromatic heterocycles. The van der Waals surface area contributed by atoms with Crippen LogP contribution in [0, 0.1) is 11.4 Å². The Morgan fingerprint density at radius 2 is 1.94 bits per heavy atom. The van der Waals surface area contributed by atoms with Gasteiger partial charge in [-0.2, -0.15) is 0 Å². The van der Waals surface area contributed by atoms with Gasteiger partial charge in [-0.15, -0.1) is 0 Å². The number of nitrogens with zero attached hydrogens (tertiary/aromatic N) is 1. The van der Waals surface area contributed by atoms with Crippen LogP contribution in [0.3, 0.4) is 0 Å². The number of rotatable bonds is 7. The average Bonchev–Trinajstić information content (AvgIpc) is 2.32. The van der Waals surface area contributed by atoms with Gasteiger partial charge >= 0.3 is 0 Å². The van der Waals surface area contributed by atoms with Crippen molar-refractivity contribution in [2.75, 3.05) is 31.5 Å². The Morgan fingerprint density at radius 1 is 1.31 bits per heavy atom. The largest absolute Gasteiger partial charge is 0.382 e. The molecule has 0 aliphatic heterocycles. The molecule has 1 N–H and O–H groups in total. The highest BCUT2D eigenvalue weighted by Gasteiger charge is 2.12. The molecule has 4 heteroatoms. The maximum Gasteiger partial charge on any atom is 0.220 e. The average molecular weight is 240 g/mol. The number of nitrogens with one attached hydrogen (secondary N) is 1. The molecule has 0 atom stereocenters. The van der Waals surface area contributed by atoms with Gasteiger partial charge in [-0.05, 0) is 38.5 Å². The topological polar surface area (TPSA) is 32.3 Å². The van der Waals surface area contributed by atoms with Crippen LogP contribution in [0.25, 0.3) is 0 Å². The van der Waals surface area contributed by atoms with E-state index in [1.165, 1.54) is 0 Å². The zero-order chi connectivity index (χ0) is 12.1.